The van der Waals surface area contributed by atoms with Crippen molar-refractivity contribution in [2.24, 2.45) is 0 Å². The minimum Gasteiger partial charge on any atom is -0.375 e. The van der Waals surface area contributed by atoms with Gasteiger partial charge in [0.15, 0.2) is 5.75 Å². The standard InChI is InChI=1S/C13H9F3O3S.C12H9F/c14-13(15,16)20(17,18)19-12-9-5-4-8-11(12)10-6-2-1-3-7-10;13-12-9-5-4-8-11(12)10-6-2-1-3-7-10/h1-9H;1-9H. The van der Waals surface area contributed by atoms with Crippen LogP contribution in [0.15, 0.2) is 109 Å². The van der Waals surface area contributed by atoms with Crippen LogP contribution in [-0.4, -0.2) is 13.9 Å². The van der Waals surface area contributed by atoms with Crippen molar-refractivity contribution >= 4 is 10.1 Å². The van der Waals surface area contributed by atoms with Gasteiger partial charge in [0.25, 0.3) is 0 Å². The van der Waals surface area contributed by atoms with Gasteiger partial charge in [0, 0.05) is 11.1 Å². The van der Waals surface area contributed by atoms with Gasteiger partial charge in [0.05, 0.1) is 0 Å². The van der Waals surface area contributed by atoms with E-state index in [4.69, 9.17) is 0 Å². The lowest BCUT2D eigenvalue weighted by atomic mass is 10.1. The molecule has 0 bridgehead atoms. The molecule has 0 amide bonds. The maximum Gasteiger partial charge on any atom is 0.534 e. The first-order chi connectivity index (χ1) is 15.7. The molecule has 4 aromatic carbocycles. The number of alkyl halides is 3. The van der Waals surface area contributed by atoms with Crippen molar-refractivity contribution in [3.05, 3.63) is 115 Å². The number of rotatable bonds is 4. The number of benzene rings is 4. The average molecular weight is 474 g/mol. The number of halogens is 4. The van der Waals surface area contributed by atoms with Crippen LogP contribution < -0.4 is 4.18 Å². The van der Waals surface area contributed by atoms with E-state index in [1.807, 2.05) is 36.4 Å². The lowest BCUT2D eigenvalue weighted by Crippen LogP contribution is -2.28. The fourth-order valence-electron chi connectivity index (χ4n) is 2.87. The first-order valence-corrected chi connectivity index (χ1v) is 11.0. The Morgan fingerprint density at radius 3 is 1.52 bits per heavy atom. The van der Waals surface area contributed by atoms with E-state index in [1.165, 1.54) is 24.3 Å². The van der Waals surface area contributed by atoms with Crippen LogP contribution in [0, 0.1) is 5.82 Å². The van der Waals surface area contributed by atoms with Crippen molar-refractivity contribution in [3.8, 4) is 28.0 Å². The van der Waals surface area contributed by atoms with Gasteiger partial charge in [0.2, 0.25) is 0 Å². The van der Waals surface area contributed by atoms with Gasteiger partial charge in [-0.2, -0.15) is 21.6 Å². The van der Waals surface area contributed by atoms with E-state index in [2.05, 4.69) is 4.18 Å². The van der Waals surface area contributed by atoms with Gasteiger partial charge in [-0.1, -0.05) is 97.1 Å². The highest BCUT2D eigenvalue weighted by atomic mass is 32.2. The molecule has 0 aliphatic rings. The summed E-state index contributed by atoms with van der Waals surface area (Å²) >= 11 is 0. The Bertz CT molecular complexity index is 1290. The van der Waals surface area contributed by atoms with E-state index < -0.39 is 15.6 Å². The van der Waals surface area contributed by atoms with Crippen molar-refractivity contribution in [2.45, 2.75) is 5.51 Å². The van der Waals surface area contributed by atoms with Crippen LogP contribution >= 0.6 is 0 Å². The molecule has 0 unspecified atom stereocenters. The molecule has 0 heterocycles. The molecule has 0 N–H and O–H groups in total. The fourth-order valence-corrected chi connectivity index (χ4v) is 3.35. The molecule has 4 rings (SSSR count). The summed E-state index contributed by atoms with van der Waals surface area (Å²) in [5.41, 5.74) is -3.07. The normalized spacial score (nSPS) is 11.3. The second kappa shape index (κ2) is 10.3. The number of para-hydroxylation sites is 1. The summed E-state index contributed by atoms with van der Waals surface area (Å²) in [6.45, 7) is 0. The van der Waals surface area contributed by atoms with Gasteiger partial charge < -0.3 is 4.18 Å². The van der Waals surface area contributed by atoms with Crippen molar-refractivity contribution in [1.29, 1.82) is 0 Å². The van der Waals surface area contributed by atoms with Crippen LogP contribution in [0.3, 0.4) is 0 Å². The van der Waals surface area contributed by atoms with Crippen molar-refractivity contribution in [3.63, 3.8) is 0 Å². The summed E-state index contributed by atoms with van der Waals surface area (Å²) in [6.07, 6.45) is 0. The summed E-state index contributed by atoms with van der Waals surface area (Å²) in [5, 5.41) is 0. The van der Waals surface area contributed by atoms with Gasteiger partial charge >= 0.3 is 15.6 Å². The molecule has 0 aliphatic heterocycles. The summed E-state index contributed by atoms with van der Waals surface area (Å²) in [7, 11) is -5.68. The molecule has 0 aliphatic carbocycles. The summed E-state index contributed by atoms with van der Waals surface area (Å²) in [4.78, 5) is 0. The maximum absolute atomic E-state index is 13.3. The molecule has 0 aromatic heterocycles. The first kappa shape index (κ1) is 24.0. The highest BCUT2D eigenvalue weighted by molar-refractivity contribution is 7.88. The zero-order valence-electron chi connectivity index (χ0n) is 17.0. The van der Waals surface area contributed by atoms with E-state index in [-0.39, 0.29) is 17.1 Å². The van der Waals surface area contributed by atoms with E-state index in [9.17, 15) is 26.0 Å². The molecule has 170 valence electrons. The fraction of sp³-hybridized carbons (Fsp3) is 0.0400. The molecule has 4 aromatic rings. The molecular weight excluding hydrogens is 456 g/mol. The van der Waals surface area contributed by atoms with Crippen molar-refractivity contribution < 1.29 is 30.2 Å². The van der Waals surface area contributed by atoms with Gasteiger partial charge in [-0.05, 0) is 23.3 Å². The Labute approximate surface area is 189 Å². The minimum atomic E-state index is -5.68. The SMILES string of the molecule is Fc1ccccc1-c1ccccc1.O=S(=O)(Oc1ccccc1-c1ccccc1)C(F)(F)F. The van der Waals surface area contributed by atoms with Crippen molar-refractivity contribution in [2.75, 3.05) is 0 Å². The Morgan fingerprint density at radius 2 is 1.00 bits per heavy atom. The summed E-state index contributed by atoms with van der Waals surface area (Å²) < 4.78 is 76.6. The molecular formula is C25H18F4O3S. The summed E-state index contributed by atoms with van der Waals surface area (Å²) in [6, 6.07) is 30.3. The second-order valence-electron chi connectivity index (χ2n) is 6.69. The molecule has 0 radical (unpaired) electrons. The maximum atomic E-state index is 13.3. The number of hydrogen-bond acceptors (Lipinski definition) is 3. The van der Waals surface area contributed by atoms with Crippen LogP contribution in [0.5, 0.6) is 5.75 Å². The lowest BCUT2D eigenvalue weighted by molar-refractivity contribution is -0.0499. The second-order valence-corrected chi connectivity index (χ2v) is 8.23. The quantitative estimate of drug-likeness (QED) is 0.180. The van der Waals surface area contributed by atoms with Gasteiger partial charge in [-0.15, -0.1) is 0 Å². The van der Waals surface area contributed by atoms with Crippen LogP contribution in [-0.2, 0) is 10.1 Å². The molecule has 33 heavy (non-hydrogen) atoms. The monoisotopic (exact) mass is 474 g/mol. The molecule has 0 fully saturated rings. The first-order valence-electron chi connectivity index (χ1n) is 9.64. The third kappa shape index (κ3) is 6.20. The highest BCUT2D eigenvalue weighted by Gasteiger charge is 2.48. The largest absolute Gasteiger partial charge is 0.534 e. The van der Waals surface area contributed by atoms with E-state index in [1.54, 1.807) is 48.5 Å². The Morgan fingerprint density at radius 1 is 0.576 bits per heavy atom. The molecule has 0 saturated carbocycles. The number of hydrogen-bond donors (Lipinski definition) is 0. The molecule has 0 spiro atoms. The molecule has 0 atom stereocenters. The topological polar surface area (TPSA) is 43.4 Å². The average Bonchev–Trinajstić information content (AvgIpc) is 2.80. The van der Waals surface area contributed by atoms with E-state index in [0.29, 0.717) is 11.1 Å². The zero-order valence-corrected chi connectivity index (χ0v) is 17.9. The molecule has 8 heteroatoms. The van der Waals surface area contributed by atoms with Crippen molar-refractivity contribution in [1.82, 2.24) is 0 Å². The Balaban J connectivity index is 0.000000203. The summed E-state index contributed by atoms with van der Waals surface area (Å²) in [5.74, 6) is -0.537. The molecule has 0 saturated heterocycles. The van der Waals surface area contributed by atoms with Crippen LogP contribution in [0.1, 0.15) is 0 Å². The Hall–Kier alpha value is -3.65. The predicted molar refractivity (Wildman–Crippen MR) is 119 cm³/mol. The third-order valence-corrected chi connectivity index (χ3v) is 5.38. The molecule has 3 nitrogen and oxygen atoms in total. The van der Waals surface area contributed by atoms with E-state index >= 15 is 0 Å². The van der Waals surface area contributed by atoms with Crippen LogP contribution in [0.4, 0.5) is 17.6 Å². The predicted octanol–water partition coefficient (Wildman–Crippen LogP) is 7.07. The van der Waals surface area contributed by atoms with E-state index in [0.717, 1.165) is 5.56 Å². The lowest BCUT2D eigenvalue weighted by Gasteiger charge is -2.12. The van der Waals surface area contributed by atoms with Crippen LogP contribution in [0.2, 0.25) is 0 Å². The van der Waals surface area contributed by atoms with Gasteiger partial charge in [-0.3, -0.25) is 0 Å². The van der Waals surface area contributed by atoms with Gasteiger partial charge in [-0.25, -0.2) is 4.39 Å². The van der Waals surface area contributed by atoms with Crippen LogP contribution in [0.25, 0.3) is 22.3 Å². The highest BCUT2D eigenvalue weighted by Crippen LogP contribution is 2.34. The minimum absolute atomic E-state index is 0.172. The Kier molecular flexibility index (Phi) is 7.50. The zero-order chi connectivity index (χ0) is 23.9. The smallest absolute Gasteiger partial charge is 0.375 e. The van der Waals surface area contributed by atoms with Gasteiger partial charge in [0.1, 0.15) is 5.82 Å². The third-order valence-electron chi connectivity index (χ3n) is 4.41.